The molecule has 6 heteroatoms. The molecule has 0 fully saturated rings. The minimum absolute atomic E-state index is 0.0197. The summed E-state index contributed by atoms with van der Waals surface area (Å²) in [4.78, 5) is 29.6. The lowest BCUT2D eigenvalue weighted by atomic mass is 10.2. The molecular weight excluding hydrogens is 276 g/mol. The monoisotopic (exact) mass is 298 g/mol. The number of esters is 1. The minimum atomic E-state index is -0.409. The van der Waals surface area contributed by atoms with Crippen LogP contribution < -0.4 is 0 Å². The molecule has 1 rings (SSSR count). The maximum atomic E-state index is 12.3. The summed E-state index contributed by atoms with van der Waals surface area (Å²) in [6.45, 7) is 7.88. The van der Waals surface area contributed by atoms with Gasteiger partial charge in [0.05, 0.1) is 24.2 Å². The van der Waals surface area contributed by atoms with E-state index in [1.165, 1.54) is 12.0 Å². The zero-order valence-electron chi connectivity index (χ0n) is 12.7. The number of nitrogens with zero attached hydrogens (tertiary/aromatic N) is 2. The molecule has 0 bridgehead atoms. The van der Waals surface area contributed by atoms with Crippen LogP contribution in [0.1, 0.15) is 44.3 Å². The highest BCUT2D eigenvalue weighted by Crippen LogP contribution is 2.19. The average molecular weight is 298 g/mol. The molecule has 0 aliphatic carbocycles. The Balaban J connectivity index is 2.72. The van der Waals surface area contributed by atoms with E-state index in [9.17, 15) is 9.59 Å². The summed E-state index contributed by atoms with van der Waals surface area (Å²) in [5.74, 6) is -0.153. The van der Waals surface area contributed by atoms with Gasteiger partial charge in [0.1, 0.15) is 6.54 Å². The fraction of sp³-hybridized carbons (Fsp3) is 0.643. The van der Waals surface area contributed by atoms with Gasteiger partial charge in [-0.2, -0.15) is 0 Å². The van der Waals surface area contributed by atoms with Gasteiger partial charge in [-0.3, -0.25) is 9.59 Å². The maximum Gasteiger partial charge on any atom is 0.325 e. The Hall–Kier alpha value is -1.43. The third-order valence-corrected chi connectivity index (χ3v) is 4.06. The zero-order chi connectivity index (χ0) is 15.3. The van der Waals surface area contributed by atoms with Crippen molar-refractivity contribution in [2.75, 3.05) is 13.7 Å². The Bertz CT molecular complexity index is 469. The number of rotatable bonds is 6. The van der Waals surface area contributed by atoms with Gasteiger partial charge in [0.2, 0.25) is 5.91 Å². The molecular formula is C14H22N2O3S. The fourth-order valence-corrected chi connectivity index (χ4v) is 2.52. The topological polar surface area (TPSA) is 59.5 Å². The standard InChI is InChI=1S/C14H22N2O3S/c1-9(2)14-15-11(8-20-14)6-12(17)16(10(3)4)7-13(18)19-5/h8-10H,6-7H2,1-5H3. The van der Waals surface area contributed by atoms with Gasteiger partial charge in [-0.05, 0) is 13.8 Å². The normalized spacial score (nSPS) is 10.9. The number of amides is 1. The Morgan fingerprint density at radius 2 is 2.00 bits per heavy atom. The van der Waals surface area contributed by atoms with Crippen molar-refractivity contribution in [2.24, 2.45) is 0 Å². The first-order valence-electron chi connectivity index (χ1n) is 6.65. The van der Waals surface area contributed by atoms with Crippen molar-refractivity contribution in [3.8, 4) is 0 Å². The minimum Gasteiger partial charge on any atom is -0.468 e. The van der Waals surface area contributed by atoms with Crippen LogP contribution in [0.5, 0.6) is 0 Å². The summed E-state index contributed by atoms with van der Waals surface area (Å²) in [5.41, 5.74) is 0.763. The first-order chi connectivity index (χ1) is 9.35. The number of thiazole rings is 1. The number of carbonyl (C=O) groups is 2. The van der Waals surface area contributed by atoms with E-state index in [4.69, 9.17) is 0 Å². The third kappa shape index (κ3) is 4.59. The van der Waals surface area contributed by atoms with Gasteiger partial charge in [0, 0.05) is 17.3 Å². The summed E-state index contributed by atoms with van der Waals surface area (Å²) >= 11 is 1.56. The highest BCUT2D eigenvalue weighted by Gasteiger charge is 2.21. The number of hydrogen-bond donors (Lipinski definition) is 0. The van der Waals surface area contributed by atoms with E-state index in [1.54, 1.807) is 11.3 Å². The van der Waals surface area contributed by atoms with Crippen LogP contribution in [-0.2, 0) is 20.7 Å². The van der Waals surface area contributed by atoms with Crippen LogP contribution in [0.4, 0.5) is 0 Å². The molecule has 112 valence electrons. The largest absolute Gasteiger partial charge is 0.468 e. The highest BCUT2D eigenvalue weighted by atomic mass is 32.1. The average Bonchev–Trinajstić information content (AvgIpc) is 2.83. The second-order valence-electron chi connectivity index (χ2n) is 5.20. The molecule has 0 spiro atoms. The second-order valence-corrected chi connectivity index (χ2v) is 6.09. The Morgan fingerprint density at radius 3 is 2.45 bits per heavy atom. The maximum absolute atomic E-state index is 12.3. The summed E-state index contributed by atoms with van der Waals surface area (Å²) in [5, 5.41) is 2.93. The third-order valence-electron chi connectivity index (χ3n) is 2.87. The molecule has 1 amide bonds. The lowest BCUT2D eigenvalue weighted by molar-refractivity contribution is -0.148. The number of aromatic nitrogens is 1. The number of methoxy groups -OCH3 is 1. The molecule has 0 aromatic carbocycles. The second kappa shape index (κ2) is 7.38. The van der Waals surface area contributed by atoms with E-state index in [1.807, 2.05) is 19.2 Å². The van der Waals surface area contributed by atoms with Crippen LogP contribution in [0, 0.1) is 0 Å². The zero-order valence-corrected chi connectivity index (χ0v) is 13.5. The first-order valence-corrected chi connectivity index (χ1v) is 7.53. The van der Waals surface area contributed by atoms with Gasteiger partial charge < -0.3 is 9.64 Å². The highest BCUT2D eigenvalue weighted by molar-refractivity contribution is 7.09. The van der Waals surface area contributed by atoms with Gasteiger partial charge in [-0.1, -0.05) is 13.8 Å². The van der Waals surface area contributed by atoms with Gasteiger partial charge in [-0.15, -0.1) is 11.3 Å². The molecule has 1 aromatic heterocycles. The summed E-state index contributed by atoms with van der Waals surface area (Å²) in [6.07, 6.45) is 0.221. The van der Waals surface area contributed by atoms with Gasteiger partial charge in [0.25, 0.3) is 0 Å². The Kier molecular flexibility index (Phi) is 6.13. The van der Waals surface area contributed by atoms with Crippen LogP contribution in [0.25, 0.3) is 0 Å². The SMILES string of the molecule is COC(=O)CN(C(=O)Cc1csc(C(C)C)n1)C(C)C. The molecule has 0 aliphatic rings. The molecule has 0 saturated heterocycles. The smallest absolute Gasteiger partial charge is 0.325 e. The molecule has 0 N–H and O–H groups in total. The van der Waals surface area contributed by atoms with Crippen molar-refractivity contribution in [1.82, 2.24) is 9.88 Å². The molecule has 20 heavy (non-hydrogen) atoms. The van der Waals surface area contributed by atoms with Crippen LogP contribution >= 0.6 is 11.3 Å². The lowest BCUT2D eigenvalue weighted by Crippen LogP contribution is -2.41. The Morgan fingerprint density at radius 1 is 1.35 bits per heavy atom. The number of hydrogen-bond acceptors (Lipinski definition) is 5. The molecule has 1 aromatic rings. The summed E-state index contributed by atoms with van der Waals surface area (Å²) in [7, 11) is 1.32. The molecule has 0 unspecified atom stereocenters. The van der Waals surface area contributed by atoms with Crippen molar-refractivity contribution in [1.29, 1.82) is 0 Å². The molecule has 5 nitrogen and oxygen atoms in total. The van der Waals surface area contributed by atoms with E-state index in [-0.39, 0.29) is 24.9 Å². The van der Waals surface area contributed by atoms with Crippen LogP contribution in [0.2, 0.25) is 0 Å². The summed E-state index contributed by atoms with van der Waals surface area (Å²) in [6, 6.07) is -0.0511. The van der Waals surface area contributed by atoms with Crippen molar-refractivity contribution in [2.45, 2.75) is 46.1 Å². The van der Waals surface area contributed by atoms with Gasteiger partial charge >= 0.3 is 5.97 Å². The number of ether oxygens (including phenoxy) is 1. The lowest BCUT2D eigenvalue weighted by Gasteiger charge is -2.25. The van der Waals surface area contributed by atoms with E-state index in [2.05, 4.69) is 23.6 Å². The van der Waals surface area contributed by atoms with Crippen LogP contribution in [0.15, 0.2) is 5.38 Å². The molecule has 0 radical (unpaired) electrons. The van der Waals surface area contributed by atoms with E-state index < -0.39 is 5.97 Å². The molecule has 0 atom stereocenters. The summed E-state index contributed by atoms with van der Waals surface area (Å²) < 4.78 is 4.62. The Labute approximate surface area is 124 Å². The van der Waals surface area contributed by atoms with Crippen molar-refractivity contribution in [3.05, 3.63) is 16.1 Å². The molecule has 0 aliphatic heterocycles. The van der Waals surface area contributed by atoms with Crippen LogP contribution in [-0.4, -0.2) is 41.5 Å². The molecule has 1 heterocycles. The fourth-order valence-electron chi connectivity index (χ4n) is 1.69. The van der Waals surface area contributed by atoms with Crippen molar-refractivity contribution >= 4 is 23.2 Å². The number of carbonyl (C=O) groups excluding carboxylic acids is 2. The predicted octanol–water partition coefficient (Wildman–Crippen LogP) is 2.22. The van der Waals surface area contributed by atoms with E-state index in [0.717, 1.165) is 10.7 Å². The van der Waals surface area contributed by atoms with E-state index in [0.29, 0.717) is 5.92 Å². The van der Waals surface area contributed by atoms with Crippen molar-refractivity contribution in [3.63, 3.8) is 0 Å². The first kappa shape index (κ1) is 16.6. The predicted molar refractivity (Wildman–Crippen MR) is 78.8 cm³/mol. The van der Waals surface area contributed by atoms with E-state index >= 15 is 0 Å². The quantitative estimate of drug-likeness (QED) is 0.756. The molecule has 0 saturated carbocycles. The van der Waals surface area contributed by atoms with Crippen LogP contribution in [0.3, 0.4) is 0 Å². The van der Waals surface area contributed by atoms with Gasteiger partial charge in [-0.25, -0.2) is 4.98 Å². The van der Waals surface area contributed by atoms with Gasteiger partial charge in [0.15, 0.2) is 0 Å². The van der Waals surface area contributed by atoms with Crippen molar-refractivity contribution < 1.29 is 14.3 Å².